The highest BCUT2D eigenvalue weighted by Gasteiger charge is 2.30. The van der Waals surface area contributed by atoms with Crippen LogP contribution in [0.2, 0.25) is 0 Å². The van der Waals surface area contributed by atoms with Crippen molar-refractivity contribution in [1.29, 1.82) is 0 Å². The fourth-order valence-corrected chi connectivity index (χ4v) is 4.06. The average Bonchev–Trinajstić information content (AvgIpc) is 2.77. The first kappa shape index (κ1) is 25.7. The third kappa shape index (κ3) is 7.58. The van der Waals surface area contributed by atoms with Crippen LogP contribution >= 0.6 is 0 Å². The van der Waals surface area contributed by atoms with E-state index in [9.17, 15) is 22.8 Å². The molecule has 1 aliphatic rings. The molecule has 2 N–H and O–H groups in total. The average molecular weight is 476 g/mol. The summed E-state index contributed by atoms with van der Waals surface area (Å²) in [5.74, 6) is 0.0817. The zero-order valence-corrected chi connectivity index (χ0v) is 19.8. The van der Waals surface area contributed by atoms with Gasteiger partial charge in [0.1, 0.15) is 0 Å². The number of carbonyl (C=O) groups excluding carboxylic acids is 2. The molecule has 1 saturated heterocycles. The summed E-state index contributed by atoms with van der Waals surface area (Å²) in [6.07, 6.45) is -2.66. The van der Waals surface area contributed by atoms with Gasteiger partial charge in [-0.3, -0.25) is 14.5 Å². The van der Waals surface area contributed by atoms with Crippen LogP contribution in [0.1, 0.15) is 49.5 Å². The van der Waals surface area contributed by atoms with Gasteiger partial charge in [-0.2, -0.15) is 13.2 Å². The lowest BCUT2D eigenvalue weighted by molar-refractivity contribution is -0.137. The van der Waals surface area contributed by atoms with Crippen molar-refractivity contribution in [3.05, 3.63) is 59.7 Å². The number of piperidine rings is 1. The second-order valence-corrected chi connectivity index (χ2v) is 9.89. The summed E-state index contributed by atoms with van der Waals surface area (Å²) < 4.78 is 39.1. The second-order valence-electron chi connectivity index (χ2n) is 9.89. The minimum absolute atomic E-state index is 0.0138. The smallest absolute Gasteiger partial charge is 0.352 e. The molecule has 0 aromatic heterocycles. The topological polar surface area (TPSA) is 61.4 Å². The Balaban J connectivity index is 1.51. The number of nitrogens with zero attached hydrogens (tertiary/aromatic N) is 1. The summed E-state index contributed by atoms with van der Waals surface area (Å²) in [6.45, 7) is 8.35. The molecule has 0 saturated carbocycles. The number of nitrogens with one attached hydrogen (secondary N) is 2. The van der Waals surface area contributed by atoms with E-state index >= 15 is 0 Å². The van der Waals surface area contributed by atoms with Gasteiger partial charge in [0.15, 0.2) is 0 Å². The first-order valence-corrected chi connectivity index (χ1v) is 11.5. The molecule has 2 aromatic rings. The molecule has 0 aliphatic carbocycles. The lowest BCUT2D eigenvalue weighted by Gasteiger charge is -2.32. The lowest BCUT2D eigenvalue weighted by atomic mass is 9.96. The van der Waals surface area contributed by atoms with Gasteiger partial charge in [-0.25, -0.2) is 0 Å². The Morgan fingerprint density at radius 2 is 1.59 bits per heavy atom. The van der Waals surface area contributed by atoms with Gasteiger partial charge in [-0.05, 0) is 88.0 Å². The van der Waals surface area contributed by atoms with Crippen molar-refractivity contribution in [2.24, 2.45) is 5.92 Å². The van der Waals surface area contributed by atoms with Gasteiger partial charge in [0, 0.05) is 17.6 Å². The quantitative estimate of drug-likeness (QED) is 0.635. The van der Waals surface area contributed by atoms with Crippen LogP contribution in [-0.4, -0.2) is 48.4 Å². The molecule has 2 amide bonds. The highest BCUT2D eigenvalue weighted by molar-refractivity contribution is 5.95. The van der Waals surface area contributed by atoms with Crippen LogP contribution in [0.4, 0.5) is 13.2 Å². The van der Waals surface area contributed by atoms with Crippen LogP contribution in [-0.2, 0) is 11.0 Å². The van der Waals surface area contributed by atoms with E-state index in [1.807, 2.05) is 20.8 Å². The molecule has 0 bridgehead atoms. The Morgan fingerprint density at radius 1 is 0.971 bits per heavy atom. The SMILES string of the molecule is CC(C)(C)NC(=O)CN1CCC(CNC(=O)c2cccc(-c3cccc(C(F)(F)F)c3)c2)CC1. The maximum atomic E-state index is 13.0. The number of hydrogen-bond acceptors (Lipinski definition) is 3. The molecule has 1 aliphatic heterocycles. The summed E-state index contributed by atoms with van der Waals surface area (Å²) in [4.78, 5) is 26.9. The Kier molecular flexibility index (Phi) is 8.02. The molecule has 5 nitrogen and oxygen atoms in total. The molecule has 0 unspecified atom stereocenters. The van der Waals surface area contributed by atoms with Gasteiger partial charge in [0.05, 0.1) is 12.1 Å². The van der Waals surface area contributed by atoms with Crippen LogP contribution in [0.25, 0.3) is 11.1 Å². The number of hydrogen-bond donors (Lipinski definition) is 2. The highest BCUT2D eigenvalue weighted by atomic mass is 19.4. The van der Waals surface area contributed by atoms with Crippen molar-refractivity contribution in [2.45, 2.75) is 45.3 Å². The van der Waals surface area contributed by atoms with Crippen molar-refractivity contribution < 1.29 is 22.8 Å². The molecule has 34 heavy (non-hydrogen) atoms. The molecule has 2 aromatic carbocycles. The van der Waals surface area contributed by atoms with Gasteiger partial charge in [0.2, 0.25) is 5.91 Å². The molecule has 3 rings (SSSR count). The van der Waals surface area contributed by atoms with E-state index in [-0.39, 0.29) is 17.4 Å². The highest BCUT2D eigenvalue weighted by Crippen LogP contribution is 2.32. The van der Waals surface area contributed by atoms with Crippen molar-refractivity contribution in [2.75, 3.05) is 26.2 Å². The summed E-state index contributed by atoms with van der Waals surface area (Å²) in [7, 11) is 0. The molecular formula is C26H32F3N3O2. The van der Waals surface area contributed by atoms with Gasteiger partial charge in [0.25, 0.3) is 5.91 Å². The summed E-state index contributed by atoms with van der Waals surface area (Å²) >= 11 is 0. The standard InChI is InChI=1S/C26H32F3N3O2/c1-25(2,3)31-23(33)17-32-12-10-18(11-13-32)16-30-24(34)21-8-4-6-19(14-21)20-7-5-9-22(15-20)26(27,28)29/h4-9,14-15,18H,10-13,16-17H2,1-3H3,(H,30,34)(H,31,33). The maximum Gasteiger partial charge on any atom is 0.416 e. The van der Waals surface area contributed by atoms with Crippen LogP contribution in [0.5, 0.6) is 0 Å². The van der Waals surface area contributed by atoms with E-state index in [1.165, 1.54) is 6.07 Å². The van der Waals surface area contributed by atoms with E-state index in [0.29, 0.717) is 35.7 Å². The predicted octanol–water partition coefficient (Wildman–Crippen LogP) is 4.73. The molecular weight excluding hydrogens is 443 g/mol. The van der Waals surface area contributed by atoms with E-state index in [2.05, 4.69) is 15.5 Å². The fraction of sp³-hybridized carbons (Fsp3) is 0.462. The van der Waals surface area contributed by atoms with Crippen molar-refractivity contribution in [1.82, 2.24) is 15.5 Å². The van der Waals surface area contributed by atoms with Crippen LogP contribution < -0.4 is 10.6 Å². The summed E-state index contributed by atoms with van der Waals surface area (Å²) in [6, 6.07) is 11.7. The zero-order chi connectivity index (χ0) is 24.9. The van der Waals surface area contributed by atoms with Crippen LogP contribution in [0.3, 0.4) is 0 Å². The summed E-state index contributed by atoms with van der Waals surface area (Å²) in [5, 5.41) is 5.92. The largest absolute Gasteiger partial charge is 0.416 e. The Bertz CT molecular complexity index is 1010. The third-order valence-corrected chi connectivity index (χ3v) is 5.79. The number of carbonyl (C=O) groups is 2. The zero-order valence-electron chi connectivity index (χ0n) is 19.8. The molecule has 184 valence electrons. The van der Waals surface area contributed by atoms with E-state index < -0.39 is 11.7 Å². The molecule has 0 spiro atoms. The minimum Gasteiger partial charge on any atom is -0.352 e. The normalized spacial score (nSPS) is 15.7. The van der Waals surface area contributed by atoms with Crippen molar-refractivity contribution in [3.8, 4) is 11.1 Å². The molecule has 0 atom stereocenters. The Morgan fingerprint density at radius 3 is 2.21 bits per heavy atom. The van der Waals surface area contributed by atoms with Gasteiger partial charge < -0.3 is 10.6 Å². The molecule has 0 radical (unpaired) electrons. The second kappa shape index (κ2) is 10.6. The Labute approximate surface area is 198 Å². The van der Waals surface area contributed by atoms with Gasteiger partial charge in [-0.1, -0.05) is 24.3 Å². The summed E-state index contributed by atoms with van der Waals surface area (Å²) in [5.41, 5.74) is 0.402. The maximum absolute atomic E-state index is 13.0. The number of alkyl halides is 3. The van der Waals surface area contributed by atoms with Crippen molar-refractivity contribution in [3.63, 3.8) is 0 Å². The number of amides is 2. The van der Waals surface area contributed by atoms with Gasteiger partial charge in [-0.15, -0.1) is 0 Å². The number of benzene rings is 2. The number of rotatable bonds is 6. The van der Waals surface area contributed by atoms with E-state index in [0.717, 1.165) is 38.1 Å². The fourth-order valence-electron chi connectivity index (χ4n) is 4.06. The predicted molar refractivity (Wildman–Crippen MR) is 126 cm³/mol. The van der Waals surface area contributed by atoms with Crippen molar-refractivity contribution >= 4 is 11.8 Å². The van der Waals surface area contributed by atoms with E-state index in [4.69, 9.17) is 0 Å². The number of likely N-dealkylation sites (tertiary alicyclic amines) is 1. The lowest BCUT2D eigenvalue weighted by Crippen LogP contribution is -2.48. The van der Waals surface area contributed by atoms with E-state index in [1.54, 1.807) is 30.3 Å². The molecule has 1 fully saturated rings. The monoisotopic (exact) mass is 475 g/mol. The van der Waals surface area contributed by atoms with Crippen LogP contribution in [0, 0.1) is 5.92 Å². The minimum atomic E-state index is -4.42. The van der Waals surface area contributed by atoms with Gasteiger partial charge >= 0.3 is 6.18 Å². The Hall–Kier alpha value is -2.87. The number of halogens is 3. The molecule has 8 heteroatoms. The molecule has 1 heterocycles. The third-order valence-electron chi connectivity index (χ3n) is 5.79. The first-order chi connectivity index (χ1) is 15.9. The first-order valence-electron chi connectivity index (χ1n) is 11.5. The van der Waals surface area contributed by atoms with Crippen LogP contribution in [0.15, 0.2) is 48.5 Å².